The van der Waals surface area contributed by atoms with Crippen LogP contribution in [-0.2, 0) is 4.74 Å². The number of hydrogen-bond acceptors (Lipinski definition) is 2. The summed E-state index contributed by atoms with van der Waals surface area (Å²) >= 11 is 0. The van der Waals surface area contributed by atoms with E-state index in [1.165, 1.54) is 19.3 Å². The maximum Gasteiger partial charge on any atom is 0.250 e. The summed E-state index contributed by atoms with van der Waals surface area (Å²) in [6.07, 6.45) is 4.18. The molecule has 0 aromatic carbocycles. The zero-order valence-electron chi connectivity index (χ0n) is 8.48. The highest BCUT2D eigenvalue weighted by molar-refractivity contribution is 4.65. The highest BCUT2D eigenvalue weighted by atomic mass is 19.3. The van der Waals surface area contributed by atoms with Crippen LogP contribution in [0.4, 0.5) is 8.78 Å². The van der Waals surface area contributed by atoms with Crippen LogP contribution in [0.5, 0.6) is 0 Å². The van der Waals surface area contributed by atoms with E-state index in [4.69, 9.17) is 4.74 Å². The first-order valence-corrected chi connectivity index (χ1v) is 5.39. The molecule has 1 fully saturated rings. The zero-order valence-corrected chi connectivity index (χ0v) is 8.48. The third kappa shape index (κ3) is 5.50. The Bertz CT molecular complexity index is 138. The third-order valence-electron chi connectivity index (χ3n) is 2.48. The summed E-state index contributed by atoms with van der Waals surface area (Å²) in [7, 11) is 0. The second-order valence-corrected chi connectivity index (χ2v) is 3.73. The number of hydrogen-bond donors (Lipinski definition) is 1. The molecule has 0 aromatic rings. The molecular formula is C10H19F2NO. The average molecular weight is 207 g/mol. The van der Waals surface area contributed by atoms with E-state index in [-0.39, 0.29) is 6.54 Å². The number of nitrogens with one attached hydrogen (secondary N) is 1. The van der Waals surface area contributed by atoms with Crippen LogP contribution in [0.25, 0.3) is 0 Å². The fourth-order valence-corrected chi connectivity index (χ4v) is 1.74. The van der Waals surface area contributed by atoms with Crippen LogP contribution >= 0.6 is 0 Å². The van der Waals surface area contributed by atoms with Crippen LogP contribution in [0.15, 0.2) is 0 Å². The van der Waals surface area contributed by atoms with Crippen molar-refractivity contribution < 1.29 is 13.5 Å². The molecule has 1 aliphatic carbocycles. The molecule has 0 bridgehead atoms. The van der Waals surface area contributed by atoms with E-state index in [1.54, 1.807) is 0 Å². The van der Waals surface area contributed by atoms with Crippen molar-refractivity contribution in [3.05, 3.63) is 0 Å². The van der Waals surface area contributed by atoms with E-state index in [0.29, 0.717) is 19.3 Å². The molecular weight excluding hydrogens is 188 g/mol. The number of alkyl halides is 2. The van der Waals surface area contributed by atoms with Crippen molar-refractivity contribution in [2.24, 2.45) is 0 Å². The van der Waals surface area contributed by atoms with Gasteiger partial charge in [-0.2, -0.15) is 0 Å². The molecule has 84 valence electrons. The molecule has 1 saturated carbocycles. The van der Waals surface area contributed by atoms with E-state index >= 15 is 0 Å². The maximum absolute atomic E-state index is 11.7. The van der Waals surface area contributed by atoms with Crippen LogP contribution in [0.2, 0.25) is 0 Å². The maximum atomic E-state index is 11.7. The molecule has 1 rings (SSSR count). The number of ether oxygens (including phenoxy) is 1. The van der Waals surface area contributed by atoms with Gasteiger partial charge in [0.1, 0.15) is 0 Å². The lowest BCUT2D eigenvalue weighted by Gasteiger charge is -2.21. The zero-order chi connectivity index (χ0) is 10.2. The van der Waals surface area contributed by atoms with Gasteiger partial charge < -0.3 is 10.1 Å². The summed E-state index contributed by atoms with van der Waals surface area (Å²) in [6, 6.07) is 0. The van der Waals surface area contributed by atoms with E-state index in [0.717, 1.165) is 12.8 Å². The van der Waals surface area contributed by atoms with Gasteiger partial charge in [0.05, 0.1) is 19.3 Å². The van der Waals surface area contributed by atoms with Gasteiger partial charge in [0.2, 0.25) is 0 Å². The van der Waals surface area contributed by atoms with Crippen molar-refractivity contribution >= 4 is 0 Å². The van der Waals surface area contributed by atoms with Gasteiger partial charge in [-0.1, -0.05) is 19.3 Å². The summed E-state index contributed by atoms with van der Waals surface area (Å²) in [5.74, 6) is 0. The Labute approximate surface area is 84.0 Å². The SMILES string of the molecule is FC(F)CNCCOC1CCCCC1. The van der Waals surface area contributed by atoms with Crippen LogP contribution in [0.1, 0.15) is 32.1 Å². The van der Waals surface area contributed by atoms with Gasteiger partial charge in [-0.15, -0.1) is 0 Å². The predicted octanol–water partition coefficient (Wildman–Crippen LogP) is 2.19. The van der Waals surface area contributed by atoms with E-state index in [2.05, 4.69) is 5.32 Å². The Hall–Kier alpha value is -0.220. The molecule has 1 aliphatic rings. The van der Waals surface area contributed by atoms with Crippen LogP contribution < -0.4 is 5.32 Å². The molecule has 0 heterocycles. The van der Waals surface area contributed by atoms with Gasteiger partial charge in [-0.05, 0) is 12.8 Å². The first-order chi connectivity index (χ1) is 6.79. The summed E-state index contributed by atoms with van der Waals surface area (Å²) < 4.78 is 29.0. The lowest BCUT2D eigenvalue weighted by Crippen LogP contribution is -2.27. The molecule has 4 heteroatoms. The molecule has 0 unspecified atom stereocenters. The Morgan fingerprint density at radius 3 is 2.57 bits per heavy atom. The Morgan fingerprint density at radius 1 is 1.21 bits per heavy atom. The van der Waals surface area contributed by atoms with Gasteiger partial charge >= 0.3 is 0 Å². The van der Waals surface area contributed by atoms with Crippen LogP contribution in [-0.4, -0.2) is 32.2 Å². The summed E-state index contributed by atoms with van der Waals surface area (Å²) in [5.41, 5.74) is 0. The fraction of sp³-hybridized carbons (Fsp3) is 1.00. The Kier molecular flexibility index (Phi) is 6.03. The lowest BCUT2D eigenvalue weighted by atomic mass is 9.98. The second-order valence-electron chi connectivity index (χ2n) is 3.73. The smallest absolute Gasteiger partial charge is 0.250 e. The monoisotopic (exact) mass is 207 g/mol. The minimum atomic E-state index is -2.26. The first kappa shape index (κ1) is 11.9. The van der Waals surface area contributed by atoms with Crippen molar-refractivity contribution in [3.8, 4) is 0 Å². The molecule has 0 atom stereocenters. The largest absolute Gasteiger partial charge is 0.377 e. The topological polar surface area (TPSA) is 21.3 Å². The average Bonchev–Trinajstić information content (AvgIpc) is 2.18. The van der Waals surface area contributed by atoms with Crippen molar-refractivity contribution in [1.82, 2.24) is 5.32 Å². The predicted molar refractivity (Wildman–Crippen MR) is 51.7 cm³/mol. The van der Waals surface area contributed by atoms with Gasteiger partial charge in [0.25, 0.3) is 6.43 Å². The molecule has 2 nitrogen and oxygen atoms in total. The minimum Gasteiger partial charge on any atom is -0.377 e. The van der Waals surface area contributed by atoms with E-state index in [9.17, 15) is 8.78 Å². The molecule has 1 N–H and O–H groups in total. The van der Waals surface area contributed by atoms with Crippen molar-refractivity contribution in [2.45, 2.75) is 44.6 Å². The molecule has 0 radical (unpaired) electrons. The Morgan fingerprint density at radius 2 is 1.93 bits per heavy atom. The third-order valence-corrected chi connectivity index (χ3v) is 2.48. The molecule has 0 aliphatic heterocycles. The van der Waals surface area contributed by atoms with Crippen molar-refractivity contribution in [1.29, 1.82) is 0 Å². The van der Waals surface area contributed by atoms with Crippen molar-refractivity contribution in [3.63, 3.8) is 0 Å². The normalized spacial score (nSPS) is 19.1. The van der Waals surface area contributed by atoms with Gasteiger partial charge in [-0.25, -0.2) is 8.78 Å². The number of halogens is 2. The minimum absolute atomic E-state index is 0.228. The van der Waals surface area contributed by atoms with Gasteiger partial charge in [0, 0.05) is 6.54 Å². The molecule has 0 spiro atoms. The molecule has 14 heavy (non-hydrogen) atoms. The summed E-state index contributed by atoms with van der Waals surface area (Å²) in [6.45, 7) is 0.853. The standard InChI is InChI=1S/C10H19F2NO/c11-10(12)8-13-6-7-14-9-4-2-1-3-5-9/h9-10,13H,1-8H2. The summed E-state index contributed by atoms with van der Waals surface area (Å²) in [5, 5.41) is 2.65. The molecule has 0 saturated heterocycles. The first-order valence-electron chi connectivity index (χ1n) is 5.39. The van der Waals surface area contributed by atoms with Gasteiger partial charge in [0.15, 0.2) is 0 Å². The quantitative estimate of drug-likeness (QED) is 0.674. The Balaban J connectivity index is 1.87. The molecule has 0 aromatic heterocycles. The van der Waals surface area contributed by atoms with E-state index < -0.39 is 6.43 Å². The number of rotatable bonds is 6. The highest BCUT2D eigenvalue weighted by Crippen LogP contribution is 2.19. The summed E-state index contributed by atoms with van der Waals surface area (Å²) in [4.78, 5) is 0. The fourth-order valence-electron chi connectivity index (χ4n) is 1.74. The second kappa shape index (κ2) is 7.12. The lowest BCUT2D eigenvalue weighted by molar-refractivity contribution is 0.0287. The van der Waals surface area contributed by atoms with Gasteiger partial charge in [-0.3, -0.25) is 0 Å². The highest BCUT2D eigenvalue weighted by Gasteiger charge is 2.12. The van der Waals surface area contributed by atoms with Crippen LogP contribution in [0.3, 0.4) is 0 Å². The van der Waals surface area contributed by atoms with Crippen LogP contribution in [0, 0.1) is 0 Å². The van der Waals surface area contributed by atoms with E-state index in [1.807, 2.05) is 0 Å². The van der Waals surface area contributed by atoms with Crippen molar-refractivity contribution in [2.75, 3.05) is 19.7 Å². The molecule has 0 amide bonds.